The highest BCUT2D eigenvalue weighted by Gasteiger charge is 2.17. The van der Waals surface area contributed by atoms with Crippen LogP contribution in [0.3, 0.4) is 0 Å². The van der Waals surface area contributed by atoms with Gasteiger partial charge in [-0.3, -0.25) is 25.2 Å². The molecule has 0 bridgehead atoms. The molecule has 2 aromatic carbocycles. The lowest BCUT2D eigenvalue weighted by molar-refractivity contribution is -0.121. The number of benzene rings is 2. The first-order valence-corrected chi connectivity index (χ1v) is 9.74. The van der Waals surface area contributed by atoms with Crippen molar-refractivity contribution in [1.82, 2.24) is 10.9 Å². The van der Waals surface area contributed by atoms with E-state index in [1.807, 2.05) is 18.2 Å². The summed E-state index contributed by atoms with van der Waals surface area (Å²) in [6.07, 6.45) is 4.49. The molecule has 0 unspecified atom stereocenters. The minimum Gasteiger partial charge on any atom is -0.454 e. The van der Waals surface area contributed by atoms with Crippen LogP contribution in [-0.2, 0) is 17.6 Å². The van der Waals surface area contributed by atoms with Crippen molar-refractivity contribution in [2.45, 2.75) is 38.5 Å². The van der Waals surface area contributed by atoms with Crippen LogP contribution in [0.25, 0.3) is 0 Å². The summed E-state index contributed by atoms with van der Waals surface area (Å²) >= 11 is 0. The zero-order valence-corrected chi connectivity index (χ0v) is 16.0. The van der Waals surface area contributed by atoms with E-state index in [1.54, 1.807) is 18.2 Å². The zero-order valence-electron chi connectivity index (χ0n) is 16.0. The maximum atomic E-state index is 12.4. The molecule has 1 aliphatic carbocycles. The summed E-state index contributed by atoms with van der Waals surface area (Å²) in [5, 5.41) is 0. The second-order valence-electron chi connectivity index (χ2n) is 7.18. The number of hydrazine groups is 1. The lowest BCUT2D eigenvalue weighted by Gasteiger charge is -2.16. The van der Waals surface area contributed by atoms with Gasteiger partial charge in [0.2, 0.25) is 12.7 Å². The second-order valence-corrected chi connectivity index (χ2v) is 7.18. The van der Waals surface area contributed by atoms with Gasteiger partial charge in [-0.25, -0.2) is 0 Å². The summed E-state index contributed by atoms with van der Waals surface area (Å²) in [5.74, 6) is 0.0876. The van der Waals surface area contributed by atoms with E-state index in [-0.39, 0.29) is 25.4 Å². The summed E-state index contributed by atoms with van der Waals surface area (Å²) in [4.78, 5) is 36.6. The number of aryl methyl sites for hydroxylation is 2. The van der Waals surface area contributed by atoms with Crippen molar-refractivity contribution in [2.24, 2.45) is 0 Å². The van der Waals surface area contributed by atoms with Gasteiger partial charge >= 0.3 is 0 Å². The summed E-state index contributed by atoms with van der Waals surface area (Å²) in [5.41, 5.74) is 8.22. The highest BCUT2D eigenvalue weighted by atomic mass is 16.7. The Kier molecular flexibility index (Phi) is 5.46. The molecule has 1 heterocycles. The molecule has 29 heavy (non-hydrogen) atoms. The lowest BCUT2D eigenvalue weighted by Crippen LogP contribution is -2.41. The van der Waals surface area contributed by atoms with E-state index in [1.165, 1.54) is 17.5 Å². The lowest BCUT2D eigenvalue weighted by atomic mass is 9.89. The fraction of sp³-hybridized carbons (Fsp3) is 0.318. The predicted octanol–water partition coefficient (Wildman–Crippen LogP) is 2.72. The number of amides is 2. The molecule has 2 N–H and O–H groups in total. The van der Waals surface area contributed by atoms with Crippen molar-refractivity contribution < 1.29 is 23.9 Å². The second kappa shape index (κ2) is 8.34. The first-order valence-electron chi connectivity index (χ1n) is 9.74. The van der Waals surface area contributed by atoms with Crippen LogP contribution in [0.15, 0.2) is 36.4 Å². The van der Waals surface area contributed by atoms with Crippen molar-refractivity contribution in [3.05, 3.63) is 58.7 Å². The van der Waals surface area contributed by atoms with E-state index in [0.717, 1.165) is 19.3 Å². The van der Waals surface area contributed by atoms with Crippen LogP contribution in [0.2, 0.25) is 0 Å². The number of hydrogen-bond donors (Lipinski definition) is 2. The largest absolute Gasteiger partial charge is 0.454 e. The van der Waals surface area contributed by atoms with Gasteiger partial charge in [-0.05, 0) is 61.1 Å². The molecule has 2 amide bonds. The van der Waals surface area contributed by atoms with Crippen LogP contribution in [0.5, 0.6) is 11.5 Å². The number of ether oxygens (including phenoxy) is 2. The molecule has 7 nitrogen and oxygen atoms in total. The average molecular weight is 394 g/mol. The molecular formula is C22H22N2O5. The van der Waals surface area contributed by atoms with Gasteiger partial charge in [-0.2, -0.15) is 0 Å². The maximum absolute atomic E-state index is 12.4. The SMILES string of the molecule is O=C(CCC(=O)c1ccc2c(c1)CCCC2)NNC(=O)c1ccc2c(c1)OCO2. The molecule has 0 atom stereocenters. The minimum atomic E-state index is -0.474. The Morgan fingerprint density at radius 2 is 1.55 bits per heavy atom. The molecule has 2 aliphatic rings. The maximum Gasteiger partial charge on any atom is 0.269 e. The number of fused-ring (bicyclic) bond motifs is 2. The molecule has 0 radical (unpaired) electrons. The third-order valence-corrected chi connectivity index (χ3v) is 5.20. The summed E-state index contributed by atoms with van der Waals surface area (Å²) in [7, 11) is 0. The summed E-state index contributed by atoms with van der Waals surface area (Å²) < 4.78 is 10.4. The fourth-order valence-corrected chi connectivity index (χ4v) is 3.58. The van der Waals surface area contributed by atoms with Gasteiger partial charge in [0.05, 0.1) is 0 Å². The number of Topliss-reactive ketones (excluding diaryl/α,β-unsaturated/α-hetero) is 1. The van der Waals surface area contributed by atoms with Crippen LogP contribution in [0.4, 0.5) is 0 Å². The van der Waals surface area contributed by atoms with Gasteiger partial charge < -0.3 is 9.47 Å². The summed E-state index contributed by atoms with van der Waals surface area (Å²) in [6.45, 7) is 0.120. The number of ketones is 1. The fourth-order valence-electron chi connectivity index (χ4n) is 3.58. The Morgan fingerprint density at radius 3 is 2.41 bits per heavy atom. The van der Waals surface area contributed by atoms with Gasteiger partial charge in [0.15, 0.2) is 17.3 Å². The highest BCUT2D eigenvalue weighted by Crippen LogP contribution is 2.32. The third-order valence-electron chi connectivity index (χ3n) is 5.20. The summed E-state index contributed by atoms with van der Waals surface area (Å²) in [6, 6.07) is 10.6. The van der Waals surface area contributed by atoms with E-state index in [9.17, 15) is 14.4 Å². The third kappa shape index (κ3) is 4.39. The first-order chi connectivity index (χ1) is 14.1. The van der Waals surface area contributed by atoms with Crippen LogP contribution < -0.4 is 20.3 Å². The number of carbonyl (C=O) groups is 3. The Labute approximate surface area is 168 Å². The standard InChI is InChI=1S/C22H22N2O5/c25-18(16-6-5-14-3-1-2-4-15(14)11-16)8-10-21(26)23-24-22(27)17-7-9-19-20(12-17)29-13-28-19/h5-7,9,11-12H,1-4,8,10,13H2,(H,23,26)(H,24,27). The van der Waals surface area contributed by atoms with Gasteiger partial charge in [-0.1, -0.05) is 12.1 Å². The first kappa shape index (κ1) is 19.0. The van der Waals surface area contributed by atoms with Crippen LogP contribution in [-0.4, -0.2) is 24.4 Å². The Bertz CT molecular complexity index is 970. The molecule has 2 aromatic rings. The van der Waals surface area contributed by atoms with Gasteiger partial charge in [0, 0.05) is 24.0 Å². The van der Waals surface area contributed by atoms with Crippen molar-refractivity contribution in [3.63, 3.8) is 0 Å². The molecule has 4 rings (SSSR count). The normalized spacial score (nSPS) is 14.1. The predicted molar refractivity (Wildman–Crippen MR) is 105 cm³/mol. The number of rotatable bonds is 5. The smallest absolute Gasteiger partial charge is 0.269 e. The Morgan fingerprint density at radius 1 is 0.793 bits per heavy atom. The molecule has 0 saturated heterocycles. The minimum absolute atomic E-state index is 0.00264. The Hall–Kier alpha value is -3.35. The topological polar surface area (TPSA) is 93.7 Å². The van der Waals surface area contributed by atoms with E-state index >= 15 is 0 Å². The molecule has 7 heteroatoms. The van der Waals surface area contributed by atoms with Crippen molar-refractivity contribution >= 4 is 17.6 Å². The van der Waals surface area contributed by atoms with Crippen molar-refractivity contribution in [3.8, 4) is 11.5 Å². The monoisotopic (exact) mass is 394 g/mol. The highest BCUT2D eigenvalue weighted by molar-refractivity contribution is 5.99. The average Bonchev–Trinajstić information content (AvgIpc) is 3.23. The van der Waals surface area contributed by atoms with Gasteiger partial charge in [0.25, 0.3) is 5.91 Å². The van der Waals surface area contributed by atoms with Crippen LogP contribution >= 0.6 is 0 Å². The molecular weight excluding hydrogens is 372 g/mol. The quantitative estimate of drug-likeness (QED) is 0.601. The van der Waals surface area contributed by atoms with E-state index in [2.05, 4.69) is 10.9 Å². The molecule has 0 spiro atoms. The Balaban J connectivity index is 1.25. The molecule has 0 saturated carbocycles. The molecule has 0 fully saturated rings. The number of nitrogens with one attached hydrogen (secondary N) is 2. The van der Waals surface area contributed by atoms with E-state index in [0.29, 0.717) is 22.6 Å². The number of carbonyl (C=O) groups excluding carboxylic acids is 3. The van der Waals surface area contributed by atoms with Gasteiger partial charge in [-0.15, -0.1) is 0 Å². The molecule has 0 aromatic heterocycles. The van der Waals surface area contributed by atoms with E-state index in [4.69, 9.17) is 9.47 Å². The van der Waals surface area contributed by atoms with Gasteiger partial charge in [0.1, 0.15) is 0 Å². The van der Waals surface area contributed by atoms with Crippen molar-refractivity contribution in [2.75, 3.05) is 6.79 Å². The zero-order chi connectivity index (χ0) is 20.2. The van der Waals surface area contributed by atoms with E-state index < -0.39 is 11.8 Å². The number of hydrogen-bond acceptors (Lipinski definition) is 5. The van der Waals surface area contributed by atoms with Crippen molar-refractivity contribution in [1.29, 1.82) is 0 Å². The molecule has 150 valence electrons. The van der Waals surface area contributed by atoms with Crippen LogP contribution in [0.1, 0.15) is 57.5 Å². The molecule has 1 aliphatic heterocycles. The van der Waals surface area contributed by atoms with Crippen LogP contribution in [0, 0.1) is 0 Å².